The standard InChI is InChI=1S/C13H21NO3S/c1-4-13(10(3)15)11-6-8-12(9-7-11)18(16,17)14-5-2/h6-10,13-15H,4-5H2,1-3H3. The molecule has 4 nitrogen and oxygen atoms in total. The molecule has 5 heteroatoms. The van der Waals surface area contributed by atoms with Gasteiger partial charge in [0.05, 0.1) is 11.0 Å². The van der Waals surface area contributed by atoms with Crippen molar-refractivity contribution >= 4 is 10.0 Å². The summed E-state index contributed by atoms with van der Waals surface area (Å²) in [5.74, 6) is 0.0425. The Labute approximate surface area is 109 Å². The number of hydrogen-bond donors (Lipinski definition) is 2. The zero-order valence-electron chi connectivity index (χ0n) is 11.1. The van der Waals surface area contributed by atoms with Crippen LogP contribution in [0, 0.1) is 0 Å². The van der Waals surface area contributed by atoms with E-state index in [1.54, 1.807) is 38.1 Å². The van der Waals surface area contributed by atoms with Gasteiger partial charge in [-0.1, -0.05) is 26.0 Å². The molecule has 0 spiro atoms. The van der Waals surface area contributed by atoms with Crippen molar-refractivity contribution in [1.29, 1.82) is 0 Å². The van der Waals surface area contributed by atoms with Crippen molar-refractivity contribution in [2.24, 2.45) is 0 Å². The van der Waals surface area contributed by atoms with Gasteiger partial charge in [-0.05, 0) is 31.0 Å². The number of benzene rings is 1. The van der Waals surface area contributed by atoms with E-state index in [4.69, 9.17) is 0 Å². The molecule has 0 saturated carbocycles. The molecule has 2 unspecified atom stereocenters. The summed E-state index contributed by atoms with van der Waals surface area (Å²) in [5, 5.41) is 9.65. The maximum atomic E-state index is 11.8. The predicted molar refractivity (Wildman–Crippen MR) is 72.0 cm³/mol. The fourth-order valence-electron chi connectivity index (χ4n) is 2.02. The van der Waals surface area contributed by atoms with Gasteiger partial charge in [0, 0.05) is 12.5 Å². The fourth-order valence-corrected chi connectivity index (χ4v) is 3.06. The van der Waals surface area contributed by atoms with Gasteiger partial charge >= 0.3 is 0 Å². The molecule has 1 aromatic carbocycles. The van der Waals surface area contributed by atoms with E-state index < -0.39 is 16.1 Å². The van der Waals surface area contributed by atoms with Crippen molar-refractivity contribution in [3.05, 3.63) is 29.8 Å². The largest absolute Gasteiger partial charge is 0.393 e. The van der Waals surface area contributed by atoms with E-state index in [9.17, 15) is 13.5 Å². The number of rotatable bonds is 6. The summed E-state index contributed by atoms with van der Waals surface area (Å²) in [6.07, 6.45) is 0.378. The first-order valence-electron chi connectivity index (χ1n) is 6.20. The van der Waals surface area contributed by atoms with Crippen molar-refractivity contribution in [2.45, 2.75) is 44.1 Å². The zero-order chi connectivity index (χ0) is 13.8. The van der Waals surface area contributed by atoms with Gasteiger partial charge < -0.3 is 5.11 Å². The van der Waals surface area contributed by atoms with Gasteiger partial charge in [-0.15, -0.1) is 0 Å². The average molecular weight is 271 g/mol. The molecule has 2 atom stereocenters. The first-order valence-corrected chi connectivity index (χ1v) is 7.68. The predicted octanol–water partition coefficient (Wildman–Crippen LogP) is 1.86. The van der Waals surface area contributed by atoms with Crippen LogP contribution in [0.2, 0.25) is 0 Å². The Morgan fingerprint density at radius 2 is 1.78 bits per heavy atom. The quantitative estimate of drug-likeness (QED) is 0.830. The molecule has 0 fully saturated rings. The van der Waals surface area contributed by atoms with E-state index in [2.05, 4.69) is 4.72 Å². The van der Waals surface area contributed by atoms with Crippen LogP contribution in [0.1, 0.15) is 38.7 Å². The molecule has 18 heavy (non-hydrogen) atoms. The monoisotopic (exact) mass is 271 g/mol. The van der Waals surface area contributed by atoms with Crippen molar-refractivity contribution < 1.29 is 13.5 Å². The smallest absolute Gasteiger partial charge is 0.240 e. The van der Waals surface area contributed by atoms with Crippen LogP contribution in [-0.2, 0) is 10.0 Å². The van der Waals surface area contributed by atoms with Crippen LogP contribution in [-0.4, -0.2) is 26.2 Å². The molecular formula is C13H21NO3S. The first kappa shape index (κ1) is 15.1. The molecule has 0 aliphatic heterocycles. The summed E-state index contributed by atoms with van der Waals surface area (Å²) in [7, 11) is -3.39. The lowest BCUT2D eigenvalue weighted by Gasteiger charge is -2.18. The Morgan fingerprint density at radius 1 is 1.22 bits per heavy atom. The second kappa shape index (κ2) is 6.31. The molecule has 1 rings (SSSR count). The summed E-state index contributed by atoms with van der Waals surface area (Å²) < 4.78 is 26.0. The van der Waals surface area contributed by atoms with Crippen LogP contribution in [0.25, 0.3) is 0 Å². The Kier molecular flexibility index (Phi) is 5.31. The lowest BCUT2D eigenvalue weighted by atomic mass is 9.92. The van der Waals surface area contributed by atoms with Gasteiger partial charge in [-0.25, -0.2) is 13.1 Å². The topological polar surface area (TPSA) is 66.4 Å². The average Bonchev–Trinajstić information content (AvgIpc) is 2.30. The zero-order valence-corrected chi connectivity index (χ0v) is 11.9. The van der Waals surface area contributed by atoms with E-state index in [1.807, 2.05) is 6.92 Å². The molecule has 0 amide bonds. The Balaban J connectivity index is 2.99. The van der Waals surface area contributed by atoms with Gasteiger partial charge in [0.1, 0.15) is 0 Å². The number of sulfonamides is 1. The molecule has 0 aliphatic carbocycles. The number of aliphatic hydroxyl groups is 1. The maximum absolute atomic E-state index is 11.8. The Morgan fingerprint density at radius 3 is 2.17 bits per heavy atom. The van der Waals surface area contributed by atoms with Crippen LogP contribution < -0.4 is 4.72 Å². The van der Waals surface area contributed by atoms with Crippen LogP contribution in [0.5, 0.6) is 0 Å². The molecule has 0 radical (unpaired) electrons. The van der Waals surface area contributed by atoms with Gasteiger partial charge in [0.25, 0.3) is 0 Å². The van der Waals surface area contributed by atoms with Crippen LogP contribution >= 0.6 is 0 Å². The number of aliphatic hydroxyl groups excluding tert-OH is 1. The van der Waals surface area contributed by atoms with E-state index >= 15 is 0 Å². The van der Waals surface area contributed by atoms with Gasteiger partial charge in [-0.2, -0.15) is 0 Å². The highest BCUT2D eigenvalue weighted by Crippen LogP contribution is 2.24. The van der Waals surface area contributed by atoms with Crippen LogP contribution in [0.3, 0.4) is 0 Å². The molecule has 1 aromatic rings. The summed E-state index contributed by atoms with van der Waals surface area (Å²) in [4.78, 5) is 0.258. The van der Waals surface area contributed by atoms with Crippen molar-refractivity contribution in [2.75, 3.05) is 6.54 Å². The van der Waals surface area contributed by atoms with Crippen molar-refractivity contribution in [1.82, 2.24) is 4.72 Å². The molecule has 2 N–H and O–H groups in total. The highest BCUT2D eigenvalue weighted by Gasteiger charge is 2.17. The Hall–Kier alpha value is -0.910. The van der Waals surface area contributed by atoms with Gasteiger partial charge in [0.15, 0.2) is 0 Å². The van der Waals surface area contributed by atoms with Crippen molar-refractivity contribution in [3.63, 3.8) is 0 Å². The molecule has 102 valence electrons. The molecule has 0 aromatic heterocycles. The van der Waals surface area contributed by atoms with Gasteiger partial charge in [0.2, 0.25) is 10.0 Å². The Bertz CT molecular complexity index is 466. The highest BCUT2D eigenvalue weighted by molar-refractivity contribution is 7.89. The van der Waals surface area contributed by atoms with E-state index in [-0.39, 0.29) is 10.8 Å². The molecule has 0 aliphatic rings. The number of nitrogens with one attached hydrogen (secondary N) is 1. The minimum Gasteiger partial charge on any atom is -0.393 e. The molecule has 0 heterocycles. The maximum Gasteiger partial charge on any atom is 0.240 e. The van der Waals surface area contributed by atoms with Gasteiger partial charge in [-0.3, -0.25) is 0 Å². The van der Waals surface area contributed by atoms with Crippen LogP contribution in [0.4, 0.5) is 0 Å². The number of hydrogen-bond acceptors (Lipinski definition) is 3. The summed E-state index contributed by atoms with van der Waals surface area (Å²) in [5.41, 5.74) is 0.961. The third-order valence-corrected chi connectivity index (χ3v) is 4.54. The fraction of sp³-hybridized carbons (Fsp3) is 0.538. The second-order valence-electron chi connectivity index (χ2n) is 4.33. The SMILES string of the molecule is CCNS(=O)(=O)c1ccc(C(CC)C(C)O)cc1. The molecule has 0 bridgehead atoms. The lowest BCUT2D eigenvalue weighted by molar-refractivity contribution is 0.160. The minimum absolute atomic E-state index is 0.0425. The summed E-state index contributed by atoms with van der Waals surface area (Å²) in [6.45, 7) is 5.86. The third kappa shape index (κ3) is 3.54. The second-order valence-corrected chi connectivity index (χ2v) is 6.09. The first-order chi connectivity index (χ1) is 8.42. The third-order valence-electron chi connectivity index (χ3n) is 2.98. The van der Waals surface area contributed by atoms with E-state index in [0.717, 1.165) is 12.0 Å². The minimum atomic E-state index is -3.39. The summed E-state index contributed by atoms with van der Waals surface area (Å²) in [6, 6.07) is 6.70. The highest BCUT2D eigenvalue weighted by atomic mass is 32.2. The van der Waals surface area contributed by atoms with Crippen LogP contribution in [0.15, 0.2) is 29.2 Å². The molecular weight excluding hydrogens is 250 g/mol. The van der Waals surface area contributed by atoms with E-state index in [0.29, 0.717) is 6.54 Å². The van der Waals surface area contributed by atoms with Crippen molar-refractivity contribution in [3.8, 4) is 0 Å². The lowest BCUT2D eigenvalue weighted by Crippen LogP contribution is -2.23. The molecule has 0 saturated heterocycles. The normalized spacial score (nSPS) is 15.3. The summed E-state index contributed by atoms with van der Waals surface area (Å²) >= 11 is 0. The van der Waals surface area contributed by atoms with E-state index in [1.165, 1.54) is 0 Å².